The van der Waals surface area contributed by atoms with Gasteiger partial charge in [-0.05, 0) is 56.3 Å². The monoisotopic (exact) mass is 287 g/mol. The highest BCUT2D eigenvalue weighted by molar-refractivity contribution is 7.85. The van der Waals surface area contributed by atoms with Crippen LogP contribution in [-0.4, -0.2) is 31.2 Å². The molecule has 4 rings (SSSR count). The van der Waals surface area contributed by atoms with E-state index >= 15 is 0 Å². The number of hydrogen-bond donors (Lipinski definition) is 2. The van der Waals surface area contributed by atoms with Crippen LogP contribution in [0, 0.1) is 23.2 Å². The van der Waals surface area contributed by atoms with Gasteiger partial charge in [-0.3, -0.25) is 9.35 Å². The lowest BCUT2D eigenvalue weighted by Crippen LogP contribution is -2.54. The van der Waals surface area contributed by atoms with Crippen molar-refractivity contribution in [2.75, 3.05) is 12.3 Å². The first-order chi connectivity index (χ1) is 8.86. The third kappa shape index (κ3) is 2.65. The Kier molecular flexibility index (Phi) is 3.13. The van der Waals surface area contributed by atoms with Crippen LogP contribution in [0.4, 0.5) is 0 Å². The number of amides is 1. The molecule has 0 atom stereocenters. The van der Waals surface area contributed by atoms with Crippen molar-refractivity contribution < 1.29 is 17.8 Å². The minimum absolute atomic E-state index is 0.00949. The first-order valence-corrected chi connectivity index (χ1v) is 8.71. The molecule has 6 heteroatoms. The molecule has 4 aliphatic carbocycles. The molecule has 0 aromatic carbocycles. The number of carbonyl (C=O) groups is 1. The Morgan fingerprint density at radius 1 is 1.11 bits per heavy atom. The van der Waals surface area contributed by atoms with Crippen LogP contribution in [0.3, 0.4) is 0 Å². The van der Waals surface area contributed by atoms with Crippen molar-refractivity contribution in [2.24, 2.45) is 23.2 Å². The highest BCUT2D eigenvalue weighted by Gasteiger charge is 2.54. The lowest BCUT2D eigenvalue weighted by atomic mass is 9.49. The fourth-order valence-corrected chi connectivity index (χ4v) is 5.23. The van der Waals surface area contributed by atoms with E-state index in [1.54, 1.807) is 0 Å². The topological polar surface area (TPSA) is 83.5 Å². The van der Waals surface area contributed by atoms with Crippen molar-refractivity contribution in [3.05, 3.63) is 0 Å². The Morgan fingerprint density at radius 2 is 1.58 bits per heavy atom. The fourth-order valence-electron chi connectivity index (χ4n) is 4.87. The van der Waals surface area contributed by atoms with Gasteiger partial charge >= 0.3 is 0 Å². The number of nitrogens with one attached hydrogen (secondary N) is 1. The van der Waals surface area contributed by atoms with Crippen LogP contribution in [0.1, 0.15) is 38.5 Å². The Bertz CT molecular complexity index is 450. The molecule has 0 saturated heterocycles. The quantitative estimate of drug-likeness (QED) is 0.761. The van der Waals surface area contributed by atoms with Crippen LogP contribution < -0.4 is 5.32 Å². The Labute approximate surface area is 113 Å². The van der Waals surface area contributed by atoms with Crippen molar-refractivity contribution in [1.82, 2.24) is 5.32 Å². The van der Waals surface area contributed by atoms with E-state index in [-0.39, 0.29) is 17.9 Å². The van der Waals surface area contributed by atoms with E-state index in [1.807, 2.05) is 0 Å². The first-order valence-electron chi connectivity index (χ1n) is 7.10. The summed E-state index contributed by atoms with van der Waals surface area (Å²) in [5.41, 5.74) is -0.242. The van der Waals surface area contributed by atoms with Gasteiger partial charge in [-0.1, -0.05) is 0 Å². The van der Waals surface area contributed by atoms with Gasteiger partial charge in [0, 0.05) is 12.0 Å². The van der Waals surface area contributed by atoms with E-state index in [2.05, 4.69) is 5.32 Å². The van der Waals surface area contributed by atoms with Gasteiger partial charge < -0.3 is 5.32 Å². The molecular formula is C13H21NO4S. The van der Waals surface area contributed by atoms with E-state index in [1.165, 1.54) is 19.3 Å². The van der Waals surface area contributed by atoms with Gasteiger partial charge in [0.25, 0.3) is 10.1 Å². The van der Waals surface area contributed by atoms with Crippen molar-refractivity contribution >= 4 is 16.0 Å². The van der Waals surface area contributed by atoms with E-state index in [0.29, 0.717) is 17.8 Å². The molecule has 4 fully saturated rings. The van der Waals surface area contributed by atoms with Crippen molar-refractivity contribution in [3.8, 4) is 0 Å². The zero-order valence-electron chi connectivity index (χ0n) is 11.0. The summed E-state index contributed by atoms with van der Waals surface area (Å²) in [4.78, 5) is 12.4. The summed E-state index contributed by atoms with van der Waals surface area (Å²) < 4.78 is 30.0. The van der Waals surface area contributed by atoms with E-state index in [0.717, 1.165) is 19.3 Å². The molecule has 4 saturated carbocycles. The van der Waals surface area contributed by atoms with Crippen molar-refractivity contribution in [2.45, 2.75) is 38.5 Å². The van der Waals surface area contributed by atoms with Gasteiger partial charge in [-0.2, -0.15) is 8.42 Å². The molecule has 0 spiro atoms. The number of carbonyl (C=O) groups excluding carboxylic acids is 1. The molecule has 0 unspecified atom stereocenters. The molecule has 0 aromatic heterocycles. The third-order valence-electron chi connectivity index (χ3n) is 5.17. The molecule has 19 heavy (non-hydrogen) atoms. The summed E-state index contributed by atoms with van der Waals surface area (Å²) in [5, 5.41) is 2.72. The Morgan fingerprint density at radius 3 is 2.00 bits per heavy atom. The standard InChI is InChI=1S/C13H21NO4S/c15-12(14-1-2-19(16,17)18)13-6-9-3-10(7-13)5-11(4-9)8-13/h9-11H,1-8H2,(H,14,15)(H,16,17,18). The minimum atomic E-state index is -3.99. The normalized spacial score (nSPS) is 40.4. The summed E-state index contributed by atoms with van der Waals surface area (Å²) in [5.74, 6) is 1.69. The summed E-state index contributed by atoms with van der Waals surface area (Å²) in [6.07, 6.45) is 6.73. The highest BCUT2D eigenvalue weighted by atomic mass is 32.2. The van der Waals surface area contributed by atoms with Crippen molar-refractivity contribution in [3.63, 3.8) is 0 Å². The summed E-state index contributed by atoms with van der Waals surface area (Å²) in [7, 11) is -3.99. The zero-order valence-corrected chi connectivity index (χ0v) is 11.8. The number of rotatable bonds is 4. The fraction of sp³-hybridized carbons (Fsp3) is 0.923. The van der Waals surface area contributed by atoms with Crippen LogP contribution in [-0.2, 0) is 14.9 Å². The van der Waals surface area contributed by atoms with E-state index < -0.39 is 15.9 Å². The van der Waals surface area contributed by atoms with E-state index in [9.17, 15) is 13.2 Å². The molecule has 0 heterocycles. The zero-order chi connectivity index (χ0) is 13.7. The second kappa shape index (κ2) is 4.45. The molecule has 0 aliphatic heterocycles. The molecular weight excluding hydrogens is 266 g/mol. The summed E-state index contributed by atoms with van der Waals surface area (Å²) >= 11 is 0. The highest BCUT2D eigenvalue weighted by Crippen LogP contribution is 2.60. The first kappa shape index (κ1) is 13.4. The predicted molar refractivity (Wildman–Crippen MR) is 70.0 cm³/mol. The van der Waals surface area contributed by atoms with Gasteiger partial charge in [0.05, 0.1) is 5.75 Å². The average molecular weight is 287 g/mol. The SMILES string of the molecule is O=C(NCCS(=O)(=O)O)C12CC3CC(CC(C3)C1)C2. The van der Waals surface area contributed by atoms with Gasteiger partial charge in [0.1, 0.15) is 0 Å². The molecule has 2 N–H and O–H groups in total. The maximum absolute atomic E-state index is 12.4. The molecule has 4 aliphatic rings. The molecule has 1 amide bonds. The van der Waals surface area contributed by atoms with Gasteiger partial charge in [-0.15, -0.1) is 0 Å². The van der Waals surface area contributed by atoms with Crippen LogP contribution in [0.5, 0.6) is 0 Å². The van der Waals surface area contributed by atoms with Crippen LogP contribution in [0.15, 0.2) is 0 Å². The van der Waals surface area contributed by atoms with Crippen molar-refractivity contribution in [1.29, 1.82) is 0 Å². The molecule has 0 radical (unpaired) electrons. The molecule has 108 valence electrons. The largest absolute Gasteiger partial charge is 0.355 e. The summed E-state index contributed by atoms with van der Waals surface area (Å²) in [6, 6.07) is 0. The lowest BCUT2D eigenvalue weighted by Gasteiger charge is -2.55. The number of hydrogen-bond acceptors (Lipinski definition) is 3. The van der Waals surface area contributed by atoms with Crippen LogP contribution >= 0.6 is 0 Å². The second-order valence-corrected chi connectivity index (χ2v) is 8.31. The maximum Gasteiger partial charge on any atom is 0.266 e. The van der Waals surface area contributed by atoms with E-state index in [4.69, 9.17) is 4.55 Å². The Balaban J connectivity index is 1.63. The van der Waals surface area contributed by atoms with Gasteiger partial charge in [-0.25, -0.2) is 0 Å². The summed E-state index contributed by atoms with van der Waals surface area (Å²) in [6.45, 7) is 0.0133. The smallest absolute Gasteiger partial charge is 0.266 e. The predicted octanol–water partition coefficient (Wildman–Crippen LogP) is 1.21. The van der Waals surface area contributed by atoms with Gasteiger partial charge in [0.15, 0.2) is 0 Å². The minimum Gasteiger partial charge on any atom is -0.355 e. The van der Waals surface area contributed by atoms with Crippen LogP contribution in [0.25, 0.3) is 0 Å². The second-order valence-electron chi connectivity index (χ2n) is 6.74. The lowest BCUT2D eigenvalue weighted by molar-refractivity contribution is -0.146. The average Bonchev–Trinajstić information content (AvgIpc) is 2.25. The third-order valence-corrected chi connectivity index (χ3v) is 5.89. The molecule has 4 bridgehead atoms. The van der Waals surface area contributed by atoms with Crippen LogP contribution in [0.2, 0.25) is 0 Å². The molecule has 5 nitrogen and oxygen atoms in total. The van der Waals surface area contributed by atoms with Gasteiger partial charge in [0.2, 0.25) is 5.91 Å². The Hall–Kier alpha value is -0.620. The maximum atomic E-state index is 12.4. The molecule has 0 aromatic rings.